The molecule has 0 aliphatic carbocycles. The maximum atomic E-state index is 10.00. The molecule has 0 spiro atoms. The van der Waals surface area contributed by atoms with Crippen molar-refractivity contribution in [2.75, 3.05) is 19.8 Å². The van der Waals surface area contributed by atoms with Crippen LogP contribution in [0, 0.1) is 0 Å². The number of aliphatic hydroxyl groups is 1. The number of rotatable bonds is 10. The first-order valence-corrected chi connectivity index (χ1v) is 8.11. The van der Waals surface area contributed by atoms with E-state index in [-0.39, 0.29) is 13.2 Å². The summed E-state index contributed by atoms with van der Waals surface area (Å²) >= 11 is 0. The molecule has 2 aromatic rings. The molecule has 0 aliphatic heterocycles. The zero-order valence-corrected chi connectivity index (χ0v) is 14.0. The Labute approximate surface area is 143 Å². The van der Waals surface area contributed by atoms with Gasteiger partial charge in [0.15, 0.2) is 11.5 Å². The molecule has 0 amide bonds. The Morgan fingerprint density at radius 3 is 2.46 bits per heavy atom. The van der Waals surface area contributed by atoms with Gasteiger partial charge < -0.3 is 25.1 Å². The van der Waals surface area contributed by atoms with E-state index in [1.807, 2.05) is 55.5 Å². The fourth-order valence-corrected chi connectivity index (χ4v) is 2.19. The summed E-state index contributed by atoms with van der Waals surface area (Å²) in [5, 5.41) is 10.00. The molecule has 5 nitrogen and oxygen atoms in total. The molecule has 0 radical (unpaired) electrons. The number of hydrogen-bond donors (Lipinski definition) is 2. The minimum absolute atomic E-state index is 0.136. The van der Waals surface area contributed by atoms with Gasteiger partial charge in [0, 0.05) is 6.54 Å². The van der Waals surface area contributed by atoms with Crippen LogP contribution in [-0.4, -0.2) is 31.0 Å². The molecule has 0 aromatic heterocycles. The number of aliphatic hydroxyl groups excluding tert-OH is 1. The Morgan fingerprint density at radius 1 is 0.958 bits per heavy atom. The highest BCUT2D eigenvalue weighted by Gasteiger charge is 2.10. The van der Waals surface area contributed by atoms with Gasteiger partial charge in [0.1, 0.15) is 12.7 Å². The van der Waals surface area contributed by atoms with Crippen LogP contribution in [0.1, 0.15) is 18.1 Å². The van der Waals surface area contributed by atoms with E-state index in [4.69, 9.17) is 19.9 Å². The Kier molecular flexibility index (Phi) is 7.55. The van der Waals surface area contributed by atoms with Gasteiger partial charge >= 0.3 is 0 Å². The van der Waals surface area contributed by atoms with Gasteiger partial charge in [0.05, 0.1) is 19.8 Å². The van der Waals surface area contributed by atoms with E-state index in [2.05, 4.69) is 0 Å². The molecular weight excluding hydrogens is 306 g/mol. The van der Waals surface area contributed by atoms with E-state index in [0.717, 1.165) is 11.1 Å². The average molecular weight is 331 g/mol. The molecular formula is C19H25NO4. The highest BCUT2D eigenvalue weighted by atomic mass is 16.5. The van der Waals surface area contributed by atoms with Crippen LogP contribution in [-0.2, 0) is 17.9 Å². The fourth-order valence-electron chi connectivity index (χ4n) is 2.19. The fraction of sp³-hybridized carbons (Fsp3) is 0.368. The standard InChI is InChI=1S/C19H25NO4/c1-2-23-19-10-16(11-20)8-9-18(19)24-14-17(21)13-22-12-15-6-4-3-5-7-15/h3-10,17,21H,2,11-14,20H2,1H3. The number of benzene rings is 2. The highest BCUT2D eigenvalue weighted by molar-refractivity contribution is 5.43. The molecule has 130 valence electrons. The lowest BCUT2D eigenvalue weighted by molar-refractivity contribution is 0.00500. The lowest BCUT2D eigenvalue weighted by atomic mass is 10.2. The molecule has 2 aromatic carbocycles. The maximum Gasteiger partial charge on any atom is 0.161 e. The monoisotopic (exact) mass is 331 g/mol. The van der Waals surface area contributed by atoms with Crippen LogP contribution < -0.4 is 15.2 Å². The molecule has 3 N–H and O–H groups in total. The van der Waals surface area contributed by atoms with E-state index in [9.17, 15) is 5.11 Å². The van der Waals surface area contributed by atoms with E-state index in [1.165, 1.54) is 0 Å². The molecule has 0 fully saturated rings. The smallest absolute Gasteiger partial charge is 0.161 e. The summed E-state index contributed by atoms with van der Waals surface area (Å²) in [5.74, 6) is 1.23. The van der Waals surface area contributed by atoms with Crippen LogP contribution in [0.4, 0.5) is 0 Å². The number of nitrogens with two attached hydrogens (primary N) is 1. The average Bonchev–Trinajstić information content (AvgIpc) is 2.61. The third kappa shape index (κ3) is 5.85. The molecule has 0 aliphatic rings. The van der Waals surface area contributed by atoms with Crippen molar-refractivity contribution in [3.05, 3.63) is 59.7 Å². The first kappa shape index (κ1) is 18.3. The van der Waals surface area contributed by atoms with Crippen molar-refractivity contribution in [1.29, 1.82) is 0 Å². The van der Waals surface area contributed by atoms with Crippen LogP contribution in [0.5, 0.6) is 11.5 Å². The summed E-state index contributed by atoms with van der Waals surface area (Å²) in [6.45, 7) is 3.69. The minimum atomic E-state index is -0.711. The van der Waals surface area contributed by atoms with E-state index in [0.29, 0.717) is 31.3 Å². The Balaban J connectivity index is 1.79. The van der Waals surface area contributed by atoms with Crippen molar-refractivity contribution in [2.45, 2.75) is 26.2 Å². The molecule has 1 unspecified atom stereocenters. The Morgan fingerprint density at radius 2 is 1.75 bits per heavy atom. The quantitative estimate of drug-likeness (QED) is 0.700. The first-order chi connectivity index (χ1) is 11.7. The van der Waals surface area contributed by atoms with Gasteiger partial charge in [-0.1, -0.05) is 36.4 Å². The van der Waals surface area contributed by atoms with Gasteiger partial charge in [0.2, 0.25) is 0 Å². The molecule has 0 heterocycles. The largest absolute Gasteiger partial charge is 0.490 e. The van der Waals surface area contributed by atoms with Crippen LogP contribution >= 0.6 is 0 Å². The maximum absolute atomic E-state index is 10.00. The van der Waals surface area contributed by atoms with Crippen molar-refractivity contribution in [2.24, 2.45) is 5.73 Å². The zero-order valence-electron chi connectivity index (χ0n) is 14.0. The normalized spacial score (nSPS) is 12.0. The predicted molar refractivity (Wildman–Crippen MR) is 93.1 cm³/mol. The van der Waals surface area contributed by atoms with E-state index < -0.39 is 6.10 Å². The molecule has 5 heteroatoms. The van der Waals surface area contributed by atoms with Gasteiger partial charge in [-0.2, -0.15) is 0 Å². The van der Waals surface area contributed by atoms with Gasteiger partial charge in [0.25, 0.3) is 0 Å². The highest BCUT2D eigenvalue weighted by Crippen LogP contribution is 2.28. The topological polar surface area (TPSA) is 73.9 Å². The lowest BCUT2D eigenvalue weighted by Gasteiger charge is -2.16. The van der Waals surface area contributed by atoms with Crippen molar-refractivity contribution in [3.8, 4) is 11.5 Å². The summed E-state index contributed by atoms with van der Waals surface area (Å²) in [6.07, 6.45) is -0.711. The summed E-state index contributed by atoms with van der Waals surface area (Å²) in [4.78, 5) is 0. The van der Waals surface area contributed by atoms with E-state index in [1.54, 1.807) is 0 Å². The van der Waals surface area contributed by atoms with E-state index >= 15 is 0 Å². The molecule has 1 atom stereocenters. The van der Waals surface area contributed by atoms with Gasteiger partial charge in [-0.15, -0.1) is 0 Å². The molecule has 0 bridgehead atoms. The summed E-state index contributed by atoms with van der Waals surface area (Å²) in [6, 6.07) is 15.4. The van der Waals surface area contributed by atoms with Crippen molar-refractivity contribution in [1.82, 2.24) is 0 Å². The predicted octanol–water partition coefficient (Wildman–Crippen LogP) is 2.50. The van der Waals surface area contributed by atoms with Crippen LogP contribution in [0.2, 0.25) is 0 Å². The first-order valence-electron chi connectivity index (χ1n) is 8.11. The lowest BCUT2D eigenvalue weighted by Crippen LogP contribution is -2.23. The Bertz CT molecular complexity index is 604. The Hall–Kier alpha value is -2.08. The van der Waals surface area contributed by atoms with Crippen molar-refractivity contribution in [3.63, 3.8) is 0 Å². The summed E-state index contributed by atoms with van der Waals surface area (Å²) in [7, 11) is 0. The van der Waals surface area contributed by atoms with Gasteiger partial charge in [-0.25, -0.2) is 0 Å². The van der Waals surface area contributed by atoms with Crippen LogP contribution in [0.25, 0.3) is 0 Å². The number of ether oxygens (including phenoxy) is 3. The minimum Gasteiger partial charge on any atom is -0.490 e. The second kappa shape index (κ2) is 9.93. The SMILES string of the molecule is CCOc1cc(CN)ccc1OCC(O)COCc1ccccc1. The third-order valence-corrected chi connectivity index (χ3v) is 3.40. The third-order valence-electron chi connectivity index (χ3n) is 3.40. The summed E-state index contributed by atoms with van der Waals surface area (Å²) < 4.78 is 16.7. The van der Waals surface area contributed by atoms with Gasteiger partial charge in [-0.3, -0.25) is 0 Å². The van der Waals surface area contributed by atoms with Crippen molar-refractivity contribution < 1.29 is 19.3 Å². The molecule has 0 saturated heterocycles. The number of hydrogen-bond acceptors (Lipinski definition) is 5. The van der Waals surface area contributed by atoms with Crippen molar-refractivity contribution >= 4 is 0 Å². The molecule has 0 saturated carbocycles. The molecule has 2 rings (SSSR count). The van der Waals surface area contributed by atoms with Crippen LogP contribution in [0.15, 0.2) is 48.5 Å². The molecule has 24 heavy (non-hydrogen) atoms. The van der Waals surface area contributed by atoms with Crippen LogP contribution in [0.3, 0.4) is 0 Å². The van der Waals surface area contributed by atoms with Gasteiger partial charge in [-0.05, 0) is 30.2 Å². The summed E-state index contributed by atoms with van der Waals surface area (Å²) in [5.41, 5.74) is 7.68. The second-order valence-electron chi connectivity index (χ2n) is 5.38. The second-order valence-corrected chi connectivity index (χ2v) is 5.38. The zero-order chi connectivity index (χ0) is 17.2.